The molecule has 1 rings (SSSR count). The lowest BCUT2D eigenvalue weighted by atomic mass is 10.1. The van der Waals surface area contributed by atoms with Crippen molar-refractivity contribution in [2.45, 2.75) is 39.5 Å². The lowest BCUT2D eigenvalue weighted by Crippen LogP contribution is -2.14. The van der Waals surface area contributed by atoms with Gasteiger partial charge in [0.2, 0.25) is 0 Å². The summed E-state index contributed by atoms with van der Waals surface area (Å²) in [4.78, 5) is 0. The van der Waals surface area contributed by atoms with Crippen molar-refractivity contribution in [3.8, 4) is 0 Å². The van der Waals surface area contributed by atoms with Crippen LogP contribution in [0.15, 0.2) is 30.3 Å². The van der Waals surface area contributed by atoms with Crippen LogP contribution in [-0.4, -0.2) is 13.1 Å². The van der Waals surface area contributed by atoms with Gasteiger partial charge in [-0.2, -0.15) is 0 Å². The summed E-state index contributed by atoms with van der Waals surface area (Å²) in [6.07, 6.45) is 9.20. The molecule has 0 saturated heterocycles. The average molecular weight is 231 g/mol. The zero-order valence-corrected chi connectivity index (χ0v) is 11.2. The first-order valence-electron chi connectivity index (χ1n) is 6.83. The van der Waals surface area contributed by atoms with Crippen molar-refractivity contribution >= 4 is 6.08 Å². The van der Waals surface area contributed by atoms with Crippen LogP contribution in [0, 0.1) is 0 Å². The van der Waals surface area contributed by atoms with E-state index in [0.29, 0.717) is 0 Å². The molecule has 17 heavy (non-hydrogen) atoms. The molecule has 0 bridgehead atoms. The monoisotopic (exact) mass is 231 g/mol. The van der Waals surface area contributed by atoms with Crippen molar-refractivity contribution < 1.29 is 0 Å². The Morgan fingerprint density at radius 3 is 2.76 bits per heavy atom. The van der Waals surface area contributed by atoms with Crippen molar-refractivity contribution in [1.82, 2.24) is 5.32 Å². The van der Waals surface area contributed by atoms with E-state index < -0.39 is 0 Å². The number of hydrogen-bond acceptors (Lipinski definition) is 1. The first-order valence-corrected chi connectivity index (χ1v) is 6.83. The van der Waals surface area contributed by atoms with Gasteiger partial charge in [-0.15, -0.1) is 0 Å². The minimum Gasteiger partial charge on any atom is -0.316 e. The van der Waals surface area contributed by atoms with Gasteiger partial charge in [-0.05, 0) is 43.5 Å². The third-order valence-corrected chi connectivity index (χ3v) is 2.71. The standard InChI is InChI=1S/C16H25N/c1-3-8-15-10-7-11-16(14-15)9-5-6-13-17-12-4-2/h5,7,9-11,14,17H,3-4,6,8,12-13H2,1-2H3/b9-5+. The normalized spacial score (nSPS) is 11.2. The smallest absolute Gasteiger partial charge is 0.00142 e. The molecule has 0 heterocycles. The van der Waals surface area contributed by atoms with Gasteiger partial charge in [0.15, 0.2) is 0 Å². The van der Waals surface area contributed by atoms with E-state index in [1.54, 1.807) is 0 Å². The van der Waals surface area contributed by atoms with Crippen LogP contribution < -0.4 is 5.32 Å². The van der Waals surface area contributed by atoms with E-state index in [4.69, 9.17) is 0 Å². The molecule has 0 spiro atoms. The Kier molecular flexibility index (Phi) is 7.40. The van der Waals surface area contributed by atoms with Crippen molar-refractivity contribution in [3.63, 3.8) is 0 Å². The van der Waals surface area contributed by atoms with Crippen molar-refractivity contribution in [2.24, 2.45) is 0 Å². The molecule has 0 aliphatic heterocycles. The average Bonchev–Trinajstić information content (AvgIpc) is 2.35. The first kappa shape index (κ1) is 14.0. The summed E-state index contributed by atoms with van der Waals surface area (Å²) >= 11 is 0. The molecule has 0 unspecified atom stereocenters. The Morgan fingerprint density at radius 2 is 2.00 bits per heavy atom. The second-order valence-electron chi connectivity index (χ2n) is 4.44. The lowest BCUT2D eigenvalue weighted by molar-refractivity contribution is 0.679. The summed E-state index contributed by atoms with van der Waals surface area (Å²) in [7, 11) is 0. The fraction of sp³-hybridized carbons (Fsp3) is 0.500. The summed E-state index contributed by atoms with van der Waals surface area (Å²) in [5, 5.41) is 3.40. The summed E-state index contributed by atoms with van der Waals surface area (Å²) in [6.45, 7) is 6.63. The Bertz CT molecular complexity index is 328. The van der Waals surface area contributed by atoms with Gasteiger partial charge in [-0.3, -0.25) is 0 Å². The highest BCUT2D eigenvalue weighted by molar-refractivity contribution is 5.50. The van der Waals surface area contributed by atoms with Gasteiger partial charge in [-0.1, -0.05) is 56.7 Å². The van der Waals surface area contributed by atoms with E-state index in [9.17, 15) is 0 Å². The number of nitrogens with one attached hydrogen (secondary N) is 1. The molecule has 0 aliphatic rings. The number of rotatable bonds is 8. The van der Waals surface area contributed by atoms with E-state index in [0.717, 1.165) is 19.5 Å². The first-order chi connectivity index (χ1) is 8.36. The van der Waals surface area contributed by atoms with E-state index in [2.05, 4.69) is 55.6 Å². The van der Waals surface area contributed by atoms with E-state index in [1.807, 2.05) is 0 Å². The molecule has 1 nitrogen and oxygen atoms in total. The quantitative estimate of drug-likeness (QED) is 0.666. The van der Waals surface area contributed by atoms with E-state index >= 15 is 0 Å². The van der Waals surface area contributed by atoms with E-state index in [1.165, 1.54) is 30.4 Å². The molecular weight excluding hydrogens is 206 g/mol. The molecule has 1 aromatic carbocycles. The summed E-state index contributed by atoms with van der Waals surface area (Å²) in [6, 6.07) is 8.83. The topological polar surface area (TPSA) is 12.0 Å². The summed E-state index contributed by atoms with van der Waals surface area (Å²) in [5.74, 6) is 0. The minimum absolute atomic E-state index is 1.08. The zero-order valence-electron chi connectivity index (χ0n) is 11.2. The largest absolute Gasteiger partial charge is 0.316 e. The fourth-order valence-corrected chi connectivity index (χ4v) is 1.85. The Balaban J connectivity index is 2.34. The van der Waals surface area contributed by atoms with Gasteiger partial charge in [0.25, 0.3) is 0 Å². The second kappa shape index (κ2) is 9.00. The fourth-order valence-electron chi connectivity index (χ4n) is 1.85. The van der Waals surface area contributed by atoms with Crippen LogP contribution in [0.25, 0.3) is 6.08 Å². The number of benzene rings is 1. The van der Waals surface area contributed by atoms with Crippen LogP contribution in [0.1, 0.15) is 44.2 Å². The maximum Gasteiger partial charge on any atom is -0.00142 e. The maximum absolute atomic E-state index is 3.40. The third kappa shape index (κ3) is 6.28. The molecule has 0 amide bonds. The predicted molar refractivity (Wildman–Crippen MR) is 77.2 cm³/mol. The SMILES string of the molecule is CCCNCC/C=C/c1cccc(CCC)c1. The van der Waals surface area contributed by atoms with Crippen LogP contribution in [0.4, 0.5) is 0 Å². The molecule has 1 heteroatoms. The maximum atomic E-state index is 3.40. The van der Waals surface area contributed by atoms with Gasteiger partial charge in [0.05, 0.1) is 0 Å². The van der Waals surface area contributed by atoms with Gasteiger partial charge in [0.1, 0.15) is 0 Å². The highest BCUT2D eigenvalue weighted by Gasteiger charge is 1.91. The Morgan fingerprint density at radius 1 is 1.12 bits per heavy atom. The molecule has 94 valence electrons. The summed E-state index contributed by atoms with van der Waals surface area (Å²) < 4.78 is 0. The van der Waals surface area contributed by atoms with Gasteiger partial charge in [0, 0.05) is 0 Å². The molecule has 0 aromatic heterocycles. The Labute approximate surface area is 106 Å². The van der Waals surface area contributed by atoms with Crippen LogP contribution in [-0.2, 0) is 6.42 Å². The molecule has 0 aliphatic carbocycles. The number of hydrogen-bond donors (Lipinski definition) is 1. The van der Waals surface area contributed by atoms with Crippen LogP contribution in [0.3, 0.4) is 0 Å². The Hall–Kier alpha value is -1.08. The van der Waals surface area contributed by atoms with Gasteiger partial charge >= 0.3 is 0 Å². The molecular formula is C16H25N. The van der Waals surface area contributed by atoms with Crippen LogP contribution in [0.5, 0.6) is 0 Å². The highest BCUT2D eigenvalue weighted by atomic mass is 14.8. The second-order valence-corrected chi connectivity index (χ2v) is 4.44. The van der Waals surface area contributed by atoms with Crippen LogP contribution in [0.2, 0.25) is 0 Å². The van der Waals surface area contributed by atoms with Crippen molar-refractivity contribution in [1.29, 1.82) is 0 Å². The molecule has 0 atom stereocenters. The van der Waals surface area contributed by atoms with Crippen molar-refractivity contribution in [3.05, 3.63) is 41.5 Å². The molecule has 1 N–H and O–H groups in total. The minimum atomic E-state index is 1.08. The van der Waals surface area contributed by atoms with Gasteiger partial charge < -0.3 is 5.32 Å². The van der Waals surface area contributed by atoms with Crippen molar-refractivity contribution in [2.75, 3.05) is 13.1 Å². The lowest BCUT2D eigenvalue weighted by Gasteiger charge is -2.01. The zero-order chi connectivity index (χ0) is 12.3. The number of aryl methyl sites for hydroxylation is 1. The molecule has 1 aromatic rings. The predicted octanol–water partition coefficient (Wildman–Crippen LogP) is 4.04. The van der Waals surface area contributed by atoms with Crippen LogP contribution >= 0.6 is 0 Å². The molecule has 0 saturated carbocycles. The molecule has 0 radical (unpaired) electrons. The van der Waals surface area contributed by atoms with E-state index in [-0.39, 0.29) is 0 Å². The highest BCUT2D eigenvalue weighted by Crippen LogP contribution is 2.09. The van der Waals surface area contributed by atoms with Gasteiger partial charge in [-0.25, -0.2) is 0 Å². The summed E-state index contributed by atoms with van der Waals surface area (Å²) in [5.41, 5.74) is 2.77. The third-order valence-electron chi connectivity index (χ3n) is 2.71. The molecule has 0 fully saturated rings.